The Hall–Kier alpha value is -3.22. The van der Waals surface area contributed by atoms with Crippen LogP contribution in [0.25, 0.3) is 10.9 Å². The van der Waals surface area contributed by atoms with Crippen molar-refractivity contribution in [3.8, 4) is 0 Å². The number of fused-ring (bicyclic) bond motifs is 1. The van der Waals surface area contributed by atoms with Gasteiger partial charge < -0.3 is 4.98 Å². The Morgan fingerprint density at radius 1 is 1.10 bits per heavy atom. The molecule has 0 radical (unpaired) electrons. The fourth-order valence-corrected chi connectivity index (χ4v) is 4.25. The molecule has 1 aliphatic carbocycles. The van der Waals surface area contributed by atoms with Crippen LogP contribution in [0.3, 0.4) is 0 Å². The monoisotopic (exact) mass is 407 g/mol. The van der Waals surface area contributed by atoms with Gasteiger partial charge in [-0.15, -0.1) is 0 Å². The third-order valence-corrected chi connectivity index (χ3v) is 5.96. The van der Waals surface area contributed by atoms with E-state index in [9.17, 15) is 19.2 Å². The van der Waals surface area contributed by atoms with Crippen molar-refractivity contribution in [3.05, 3.63) is 47.2 Å². The quantitative estimate of drug-likeness (QED) is 0.329. The molecule has 1 aliphatic heterocycles. The second-order valence-electron chi connectivity index (χ2n) is 7.81. The number of H-pyrrole nitrogens is 1. The number of imide groups is 2. The van der Waals surface area contributed by atoms with Gasteiger partial charge >= 0.3 is 17.8 Å². The number of benzene rings is 1. The number of carbonyl (C=O) groups excluding carboxylic acids is 4. The summed E-state index contributed by atoms with van der Waals surface area (Å²) in [7, 11) is 0. The maximum atomic E-state index is 12.9. The van der Waals surface area contributed by atoms with E-state index in [1.165, 1.54) is 5.57 Å². The number of Topliss-reactive ketones (excluding diaryl/α,β-unsaturated/α-hetero) is 1. The van der Waals surface area contributed by atoms with E-state index in [0.29, 0.717) is 12.0 Å². The largest absolute Gasteiger partial charge is 0.360 e. The Balaban J connectivity index is 1.48. The van der Waals surface area contributed by atoms with E-state index in [4.69, 9.17) is 0 Å². The van der Waals surface area contributed by atoms with Crippen LogP contribution < -0.4 is 0 Å². The molecule has 7 heteroatoms. The normalized spacial score (nSPS) is 17.2. The Labute approximate surface area is 174 Å². The molecular formula is C23H25N3O4. The summed E-state index contributed by atoms with van der Waals surface area (Å²) in [4.78, 5) is 55.2. The Kier molecular flexibility index (Phi) is 5.53. The van der Waals surface area contributed by atoms with Crippen LogP contribution in [-0.4, -0.2) is 51.5 Å². The molecule has 1 N–H and O–H groups in total. The number of nitrogens with one attached hydrogen (secondary N) is 1. The number of hydrogen-bond donors (Lipinski definition) is 1. The predicted molar refractivity (Wildman–Crippen MR) is 112 cm³/mol. The summed E-state index contributed by atoms with van der Waals surface area (Å²) in [5.41, 5.74) is 3.59. The van der Waals surface area contributed by atoms with E-state index < -0.39 is 24.4 Å². The highest BCUT2D eigenvalue weighted by molar-refractivity contribution is 6.45. The number of allylic oxidation sites excluding steroid dienone is 1. The molecule has 2 aliphatic rings. The summed E-state index contributed by atoms with van der Waals surface area (Å²) in [5, 5.41) is 0.755. The number of ketones is 1. The van der Waals surface area contributed by atoms with Crippen LogP contribution in [0.4, 0.5) is 4.79 Å². The van der Waals surface area contributed by atoms with Gasteiger partial charge in [0.1, 0.15) is 0 Å². The average Bonchev–Trinajstić information content (AvgIpc) is 3.29. The maximum absolute atomic E-state index is 12.9. The smallest absolute Gasteiger partial charge is 0.334 e. The highest BCUT2D eigenvalue weighted by atomic mass is 16.2. The van der Waals surface area contributed by atoms with Crippen LogP contribution >= 0.6 is 0 Å². The summed E-state index contributed by atoms with van der Waals surface area (Å²) in [6, 6.07) is 4.99. The third kappa shape index (κ3) is 3.56. The van der Waals surface area contributed by atoms with E-state index in [0.717, 1.165) is 58.4 Å². The molecule has 156 valence electrons. The van der Waals surface area contributed by atoms with Crippen LogP contribution in [0.5, 0.6) is 0 Å². The SMILES string of the molecule is CCc1cccc2c(C(=O)CN3C(=O)C(=O)N(CCC4=CCCCC4)C3=O)c[nH]c12. The van der Waals surface area contributed by atoms with Crippen molar-refractivity contribution in [3.63, 3.8) is 0 Å². The number of para-hydroxylation sites is 1. The van der Waals surface area contributed by atoms with Gasteiger partial charge in [0, 0.05) is 29.2 Å². The summed E-state index contributed by atoms with van der Waals surface area (Å²) >= 11 is 0. The van der Waals surface area contributed by atoms with Crippen LogP contribution in [0.1, 0.15) is 54.9 Å². The van der Waals surface area contributed by atoms with Crippen molar-refractivity contribution < 1.29 is 19.2 Å². The van der Waals surface area contributed by atoms with Crippen molar-refractivity contribution in [2.24, 2.45) is 0 Å². The van der Waals surface area contributed by atoms with Gasteiger partial charge in [-0.3, -0.25) is 19.3 Å². The van der Waals surface area contributed by atoms with E-state index in [-0.39, 0.29) is 12.3 Å². The first-order valence-corrected chi connectivity index (χ1v) is 10.5. The van der Waals surface area contributed by atoms with Crippen molar-refractivity contribution in [1.82, 2.24) is 14.8 Å². The molecule has 2 heterocycles. The molecule has 4 amide bonds. The first-order chi connectivity index (χ1) is 14.5. The molecule has 1 aromatic carbocycles. The molecular weight excluding hydrogens is 382 g/mol. The van der Waals surface area contributed by atoms with Gasteiger partial charge in [-0.2, -0.15) is 0 Å². The van der Waals surface area contributed by atoms with E-state index in [1.54, 1.807) is 6.20 Å². The number of aromatic amines is 1. The Bertz CT molecular complexity index is 1070. The first kappa shape index (κ1) is 20.1. The van der Waals surface area contributed by atoms with Crippen molar-refractivity contribution >= 4 is 34.5 Å². The van der Waals surface area contributed by atoms with Gasteiger partial charge in [0.05, 0.1) is 6.54 Å². The number of hydrogen-bond acceptors (Lipinski definition) is 4. The van der Waals surface area contributed by atoms with Crippen LogP contribution in [-0.2, 0) is 16.0 Å². The fourth-order valence-electron chi connectivity index (χ4n) is 4.25. The lowest BCUT2D eigenvalue weighted by atomic mass is 9.97. The van der Waals surface area contributed by atoms with Gasteiger partial charge in [0.25, 0.3) is 0 Å². The molecule has 0 saturated carbocycles. The molecule has 30 heavy (non-hydrogen) atoms. The number of rotatable bonds is 7. The lowest BCUT2D eigenvalue weighted by molar-refractivity contribution is -0.143. The average molecular weight is 407 g/mol. The highest BCUT2D eigenvalue weighted by Gasteiger charge is 2.45. The molecule has 2 aromatic rings. The van der Waals surface area contributed by atoms with Crippen molar-refractivity contribution in [1.29, 1.82) is 0 Å². The van der Waals surface area contributed by atoms with Crippen molar-refractivity contribution in [2.75, 3.05) is 13.1 Å². The minimum Gasteiger partial charge on any atom is -0.360 e. The molecule has 0 atom stereocenters. The first-order valence-electron chi connectivity index (χ1n) is 10.5. The summed E-state index contributed by atoms with van der Waals surface area (Å²) in [6.07, 6.45) is 9.40. The minimum absolute atomic E-state index is 0.173. The minimum atomic E-state index is -0.930. The predicted octanol–water partition coefficient (Wildman–Crippen LogP) is 3.59. The fraction of sp³-hybridized carbons (Fsp3) is 0.391. The number of urea groups is 1. The van der Waals surface area contributed by atoms with Gasteiger partial charge in [0.2, 0.25) is 0 Å². The lowest BCUT2D eigenvalue weighted by Gasteiger charge is -2.17. The zero-order valence-electron chi connectivity index (χ0n) is 17.1. The number of aromatic nitrogens is 1. The zero-order valence-corrected chi connectivity index (χ0v) is 17.1. The van der Waals surface area contributed by atoms with E-state index in [2.05, 4.69) is 11.1 Å². The Morgan fingerprint density at radius 3 is 2.63 bits per heavy atom. The summed E-state index contributed by atoms with van der Waals surface area (Å²) < 4.78 is 0. The standard InChI is InChI=1S/C23H25N3O4/c1-2-16-9-6-10-17-18(13-24-20(16)17)19(27)14-26-22(29)21(28)25(23(26)30)12-11-15-7-4-3-5-8-15/h6-7,9-10,13,24H,2-5,8,11-12,14H2,1H3. The number of amides is 4. The molecule has 1 saturated heterocycles. The van der Waals surface area contributed by atoms with Crippen LogP contribution in [0, 0.1) is 0 Å². The number of nitrogens with zero attached hydrogens (tertiary/aromatic N) is 2. The van der Waals surface area contributed by atoms with Gasteiger partial charge in [0.15, 0.2) is 5.78 Å². The van der Waals surface area contributed by atoms with Crippen molar-refractivity contribution in [2.45, 2.75) is 45.4 Å². The van der Waals surface area contributed by atoms with Crippen LogP contribution in [0.15, 0.2) is 36.0 Å². The topological polar surface area (TPSA) is 90.6 Å². The molecule has 7 nitrogen and oxygen atoms in total. The number of carbonyl (C=O) groups is 4. The number of aryl methyl sites for hydroxylation is 1. The Morgan fingerprint density at radius 2 is 1.90 bits per heavy atom. The molecule has 0 unspecified atom stereocenters. The molecule has 1 aromatic heterocycles. The van der Waals surface area contributed by atoms with Gasteiger partial charge in [-0.25, -0.2) is 9.69 Å². The lowest BCUT2D eigenvalue weighted by Crippen LogP contribution is -2.37. The van der Waals surface area contributed by atoms with E-state index in [1.807, 2.05) is 25.1 Å². The summed E-state index contributed by atoms with van der Waals surface area (Å²) in [5.74, 6) is -2.16. The molecule has 4 rings (SSSR count). The van der Waals surface area contributed by atoms with E-state index >= 15 is 0 Å². The van der Waals surface area contributed by atoms with Gasteiger partial charge in [-0.1, -0.05) is 36.8 Å². The molecule has 0 bridgehead atoms. The second kappa shape index (κ2) is 8.26. The molecule has 1 fully saturated rings. The highest BCUT2D eigenvalue weighted by Crippen LogP contribution is 2.25. The third-order valence-electron chi connectivity index (χ3n) is 5.96. The van der Waals surface area contributed by atoms with Crippen LogP contribution in [0.2, 0.25) is 0 Å². The maximum Gasteiger partial charge on any atom is 0.334 e. The van der Waals surface area contributed by atoms with Gasteiger partial charge in [-0.05, 0) is 44.1 Å². The zero-order chi connectivity index (χ0) is 21.3. The second-order valence-corrected chi connectivity index (χ2v) is 7.81. The summed E-state index contributed by atoms with van der Waals surface area (Å²) in [6.45, 7) is 1.76. The molecule has 0 spiro atoms.